The molecule has 0 bridgehead atoms. The van der Waals surface area contributed by atoms with Crippen LogP contribution in [0.2, 0.25) is 0 Å². The van der Waals surface area contributed by atoms with E-state index in [1.165, 1.54) is 12.1 Å². The summed E-state index contributed by atoms with van der Waals surface area (Å²) in [4.78, 5) is 4.51. The van der Waals surface area contributed by atoms with Gasteiger partial charge in [0, 0.05) is 39.5 Å². The third kappa shape index (κ3) is 10.7. The van der Waals surface area contributed by atoms with E-state index < -0.39 is 12.8 Å². The van der Waals surface area contributed by atoms with E-state index >= 15 is 0 Å². The highest BCUT2D eigenvalue weighted by molar-refractivity contribution is 5.79. The van der Waals surface area contributed by atoms with Gasteiger partial charge < -0.3 is 24.8 Å². The Hall–Kier alpha value is -2.00. The molecule has 6 nitrogen and oxygen atoms in total. The van der Waals surface area contributed by atoms with Crippen LogP contribution in [0.4, 0.5) is 13.2 Å². The van der Waals surface area contributed by atoms with Gasteiger partial charge >= 0.3 is 6.18 Å². The van der Waals surface area contributed by atoms with Crippen LogP contribution in [0.25, 0.3) is 0 Å². The normalized spacial score (nSPS) is 15.8. The highest BCUT2D eigenvalue weighted by Gasteiger charge is 2.28. The number of guanidine groups is 1. The van der Waals surface area contributed by atoms with Crippen molar-refractivity contribution in [3.63, 3.8) is 0 Å². The van der Waals surface area contributed by atoms with Crippen LogP contribution in [0, 0.1) is 5.92 Å². The third-order valence-electron chi connectivity index (χ3n) is 4.54. The molecule has 170 valence electrons. The van der Waals surface area contributed by atoms with Gasteiger partial charge in [-0.2, -0.15) is 13.2 Å². The Kier molecular flexibility index (Phi) is 10.8. The van der Waals surface area contributed by atoms with Crippen molar-refractivity contribution in [2.75, 3.05) is 46.1 Å². The average Bonchev–Trinajstić information content (AvgIpc) is 2.74. The third-order valence-corrected chi connectivity index (χ3v) is 4.54. The molecule has 1 aliphatic heterocycles. The monoisotopic (exact) mass is 431 g/mol. The first-order chi connectivity index (χ1) is 14.5. The SMILES string of the molecule is CCNC(=NCc1ccc(OCC(F)(F)F)cc1)NCCCOCC1CCOCC1. The highest BCUT2D eigenvalue weighted by Crippen LogP contribution is 2.19. The van der Waals surface area contributed by atoms with Gasteiger partial charge in [-0.05, 0) is 49.8 Å². The summed E-state index contributed by atoms with van der Waals surface area (Å²) in [5.74, 6) is 1.49. The van der Waals surface area contributed by atoms with Crippen LogP contribution in [0.5, 0.6) is 5.75 Å². The van der Waals surface area contributed by atoms with Crippen LogP contribution < -0.4 is 15.4 Å². The van der Waals surface area contributed by atoms with E-state index in [4.69, 9.17) is 14.2 Å². The Balaban J connectivity index is 1.66. The molecule has 9 heteroatoms. The Labute approximate surface area is 176 Å². The average molecular weight is 431 g/mol. The largest absolute Gasteiger partial charge is 0.484 e. The van der Waals surface area contributed by atoms with Gasteiger partial charge in [-0.15, -0.1) is 0 Å². The van der Waals surface area contributed by atoms with E-state index in [0.29, 0.717) is 25.0 Å². The molecular formula is C21H32F3N3O3. The molecule has 30 heavy (non-hydrogen) atoms. The fourth-order valence-electron chi connectivity index (χ4n) is 2.91. The molecule has 2 N–H and O–H groups in total. The van der Waals surface area contributed by atoms with Crippen LogP contribution in [-0.2, 0) is 16.0 Å². The van der Waals surface area contributed by atoms with Gasteiger partial charge in [0.1, 0.15) is 5.75 Å². The molecule has 1 saturated heterocycles. The van der Waals surface area contributed by atoms with Gasteiger partial charge in [-0.3, -0.25) is 0 Å². The van der Waals surface area contributed by atoms with Gasteiger partial charge in [-0.1, -0.05) is 12.1 Å². The Morgan fingerprint density at radius 1 is 1.17 bits per heavy atom. The Morgan fingerprint density at radius 3 is 2.57 bits per heavy atom. The number of hydrogen-bond donors (Lipinski definition) is 2. The number of rotatable bonds is 11. The highest BCUT2D eigenvalue weighted by atomic mass is 19.4. The maximum atomic E-state index is 12.2. The standard InChI is InChI=1S/C21H32F3N3O3/c1-2-25-20(26-10-3-11-29-15-18-8-12-28-13-9-18)27-14-17-4-6-19(7-5-17)30-16-21(22,23)24/h4-7,18H,2-3,8-16H2,1H3,(H2,25,26,27). The van der Waals surface area contributed by atoms with Crippen molar-refractivity contribution in [2.45, 2.75) is 38.9 Å². The van der Waals surface area contributed by atoms with Crippen molar-refractivity contribution >= 4 is 5.96 Å². The van der Waals surface area contributed by atoms with E-state index in [-0.39, 0.29) is 5.75 Å². The summed E-state index contributed by atoms with van der Waals surface area (Å²) in [6, 6.07) is 6.46. The second-order valence-corrected chi connectivity index (χ2v) is 7.15. The molecule has 1 aliphatic rings. The second-order valence-electron chi connectivity index (χ2n) is 7.15. The lowest BCUT2D eigenvalue weighted by Crippen LogP contribution is -2.38. The minimum Gasteiger partial charge on any atom is -0.484 e. The fraction of sp³-hybridized carbons (Fsp3) is 0.667. The first-order valence-corrected chi connectivity index (χ1v) is 10.4. The molecule has 0 aliphatic carbocycles. The number of nitrogens with zero attached hydrogens (tertiary/aromatic N) is 1. The number of halogens is 3. The minimum absolute atomic E-state index is 0.186. The maximum Gasteiger partial charge on any atom is 0.422 e. The van der Waals surface area contributed by atoms with Crippen molar-refractivity contribution in [1.82, 2.24) is 10.6 Å². The van der Waals surface area contributed by atoms with E-state index in [2.05, 4.69) is 15.6 Å². The van der Waals surface area contributed by atoms with Gasteiger partial charge in [0.2, 0.25) is 0 Å². The summed E-state index contributed by atoms with van der Waals surface area (Å²) in [7, 11) is 0. The molecule has 1 aromatic rings. The van der Waals surface area contributed by atoms with Crippen LogP contribution in [0.1, 0.15) is 31.7 Å². The topological polar surface area (TPSA) is 64.1 Å². The lowest BCUT2D eigenvalue weighted by atomic mass is 10.0. The van der Waals surface area contributed by atoms with E-state index in [1.807, 2.05) is 6.92 Å². The lowest BCUT2D eigenvalue weighted by molar-refractivity contribution is -0.153. The number of benzene rings is 1. The summed E-state index contributed by atoms with van der Waals surface area (Å²) in [6.45, 7) is 5.74. The molecule has 1 heterocycles. The van der Waals surface area contributed by atoms with Crippen LogP contribution in [0.15, 0.2) is 29.3 Å². The van der Waals surface area contributed by atoms with Gasteiger partial charge in [0.15, 0.2) is 12.6 Å². The molecule has 0 atom stereocenters. The summed E-state index contributed by atoms with van der Waals surface area (Å²) in [5.41, 5.74) is 0.881. The lowest BCUT2D eigenvalue weighted by Gasteiger charge is -2.21. The number of ether oxygens (including phenoxy) is 3. The van der Waals surface area contributed by atoms with E-state index in [0.717, 1.165) is 57.7 Å². The number of alkyl halides is 3. The van der Waals surface area contributed by atoms with Crippen LogP contribution in [0.3, 0.4) is 0 Å². The molecule has 0 radical (unpaired) electrons. The first kappa shape index (κ1) is 24.3. The zero-order valence-corrected chi connectivity index (χ0v) is 17.5. The van der Waals surface area contributed by atoms with E-state index in [1.54, 1.807) is 12.1 Å². The smallest absolute Gasteiger partial charge is 0.422 e. The predicted octanol–water partition coefficient (Wildman–Crippen LogP) is 3.52. The number of hydrogen-bond acceptors (Lipinski definition) is 4. The molecule has 0 saturated carbocycles. The van der Waals surface area contributed by atoms with Gasteiger partial charge in [0.25, 0.3) is 0 Å². The van der Waals surface area contributed by atoms with Crippen molar-refractivity contribution in [3.05, 3.63) is 29.8 Å². The number of aliphatic imine (C=N–C) groups is 1. The Morgan fingerprint density at radius 2 is 1.90 bits per heavy atom. The van der Waals surface area contributed by atoms with Crippen molar-refractivity contribution in [3.8, 4) is 5.75 Å². The Bertz CT molecular complexity index is 618. The van der Waals surface area contributed by atoms with Crippen LogP contribution in [-0.4, -0.2) is 58.3 Å². The zero-order valence-electron chi connectivity index (χ0n) is 17.5. The summed E-state index contributed by atoms with van der Waals surface area (Å²) in [6.07, 6.45) is -1.32. The molecule has 0 spiro atoms. The first-order valence-electron chi connectivity index (χ1n) is 10.4. The maximum absolute atomic E-state index is 12.2. The second kappa shape index (κ2) is 13.3. The molecular weight excluding hydrogens is 399 g/mol. The molecule has 1 fully saturated rings. The summed E-state index contributed by atoms with van der Waals surface area (Å²) >= 11 is 0. The van der Waals surface area contributed by atoms with Crippen molar-refractivity contribution in [2.24, 2.45) is 10.9 Å². The zero-order chi connectivity index (χ0) is 21.7. The quantitative estimate of drug-likeness (QED) is 0.319. The molecule has 0 unspecified atom stereocenters. The molecule has 1 aromatic carbocycles. The van der Waals surface area contributed by atoms with Gasteiger partial charge in [0.05, 0.1) is 6.54 Å². The van der Waals surface area contributed by atoms with Gasteiger partial charge in [-0.25, -0.2) is 4.99 Å². The molecule has 0 amide bonds. The summed E-state index contributed by atoms with van der Waals surface area (Å²) in [5, 5.41) is 6.45. The fourth-order valence-corrected chi connectivity index (χ4v) is 2.91. The molecule has 0 aromatic heterocycles. The van der Waals surface area contributed by atoms with Crippen LogP contribution >= 0.6 is 0 Å². The van der Waals surface area contributed by atoms with Crippen molar-refractivity contribution in [1.29, 1.82) is 0 Å². The minimum atomic E-state index is -4.34. The predicted molar refractivity (Wildman–Crippen MR) is 110 cm³/mol. The number of nitrogens with one attached hydrogen (secondary N) is 2. The molecule has 2 rings (SSSR count). The van der Waals surface area contributed by atoms with Crippen molar-refractivity contribution < 1.29 is 27.4 Å². The van der Waals surface area contributed by atoms with E-state index in [9.17, 15) is 13.2 Å². The summed E-state index contributed by atoms with van der Waals surface area (Å²) < 4.78 is 52.4.